The molecule has 0 saturated carbocycles. The van der Waals surface area contributed by atoms with E-state index in [2.05, 4.69) is 69.4 Å². The average molecular weight is 895 g/mol. The summed E-state index contributed by atoms with van der Waals surface area (Å²) in [5, 5.41) is 0. The average Bonchev–Trinajstić information content (AvgIpc) is 3.29. The van der Waals surface area contributed by atoms with Gasteiger partial charge in [-0.15, -0.1) is 0 Å². The molecule has 0 saturated heterocycles. The summed E-state index contributed by atoms with van der Waals surface area (Å²) >= 11 is 0. The highest BCUT2D eigenvalue weighted by molar-refractivity contribution is 5.72. The van der Waals surface area contributed by atoms with Crippen LogP contribution in [0.4, 0.5) is 0 Å². The van der Waals surface area contributed by atoms with E-state index in [0.29, 0.717) is 12.8 Å². The lowest BCUT2D eigenvalue weighted by Gasteiger charge is -2.18. The molecule has 0 bridgehead atoms. The Morgan fingerprint density at radius 3 is 0.891 bits per heavy atom. The number of hydrogen-bond donors (Lipinski definition) is 0. The van der Waals surface area contributed by atoms with Crippen molar-refractivity contribution in [2.45, 2.75) is 277 Å². The molecule has 0 aromatic carbocycles. The zero-order valence-corrected chi connectivity index (χ0v) is 42.3. The molecule has 64 heavy (non-hydrogen) atoms. The van der Waals surface area contributed by atoms with Crippen LogP contribution in [0.15, 0.2) is 60.8 Å². The van der Waals surface area contributed by atoms with Crippen LogP contribution in [0, 0.1) is 0 Å². The fraction of sp³-hybridized carbons (Fsp3) is 0.776. The van der Waals surface area contributed by atoms with E-state index in [9.17, 15) is 14.4 Å². The Balaban J connectivity index is 4.08. The predicted octanol–water partition coefficient (Wildman–Crippen LogP) is 18.0. The molecule has 0 aliphatic heterocycles. The van der Waals surface area contributed by atoms with Gasteiger partial charge in [0.15, 0.2) is 6.10 Å². The van der Waals surface area contributed by atoms with Gasteiger partial charge in [0.05, 0.1) is 6.42 Å². The number of carbonyl (C=O) groups is 3. The molecule has 0 N–H and O–H groups in total. The van der Waals surface area contributed by atoms with Crippen molar-refractivity contribution < 1.29 is 28.6 Å². The van der Waals surface area contributed by atoms with Gasteiger partial charge < -0.3 is 14.2 Å². The molecule has 0 amide bonds. The number of carbonyl (C=O) groups excluding carboxylic acids is 3. The summed E-state index contributed by atoms with van der Waals surface area (Å²) in [6, 6.07) is 0. The van der Waals surface area contributed by atoms with Crippen molar-refractivity contribution >= 4 is 17.9 Å². The van der Waals surface area contributed by atoms with Crippen molar-refractivity contribution in [1.29, 1.82) is 0 Å². The first kappa shape index (κ1) is 61.1. The van der Waals surface area contributed by atoms with Gasteiger partial charge >= 0.3 is 17.9 Å². The van der Waals surface area contributed by atoms with Crippen LogP contribution in [-0.2, 0) is 28.6 Å². The number of allylic oxidation sites excluding steroid dienone is 9. The monoisotopic (exact) mass is 895 g/mol. The van der Waals surface area contributed by atoms with Crippen LogP contribution in [-0.4, -0.2) is 37.2 Å². The Morgan fingerprint density at radius 2 is 0.594 bits per heavy atom. The van der Waals surface area contributed by atoms with Crippen LogP contribution >= 0.6 is 0 Å². The minimum absolute atomic E-state index is 0.100. The van der Waals surface area contributed by atoms with Gasteiger partial charge in [0.1, 0.15) is 13.2 Å². The van der Waals surface area contributed by atoms with Crippen molar-refractivity contribution in [2.24, 2.45) is 0 Å². The van der Waals surface area contributed by atoms with Crippen molar-refractivity contribution in [3.05, 3.63) is 60.8 Å². The van der Waals surface area contributed by atoms with Gasteiger partial charge in [-0.05, 0) is 44.9 Å². The molecule has 0 radical (unpaired) electrons. The fourth-order valence-electron chi connectivity index (χ4n) is 7.75. The maximum atomic E-state index is 12.7. The van der Waals surface area contributed by atoms with Crippen LogP contribution in [0.25, 0.3) is 0 Å². The van der Waals surface area contributed by atoms with Crippen LogP contribution < -0.4 is 0 Å². The first-order chi connectivity index (χ1) is 31.5. The SMILES string of the molecule is CC/C=C\C/C=C\C/C=C\C/C=C\C/C=C\CC(=O)OC(COC(=O)CCCCCCC)COC(=O)CCCCCCCCCCCCCCCCCCCCCCCCCCCC. The Labute approximate surface area is 396 Å². The number of ether oxygens (including phenoxy) is 3. The van der Waals surface area contributed by atoms with E-state index in [4.69, 9.17) is 14.2 Å². The maximum absolute atomic E-state index is 12.7. The Morgan fingerprint density at radius 1 is 0.328 bits per heavy atom. The summed E-state index contributed by atoms with van der Waals surface area (Å²) in [5.41, 5.74) is 0. The third kappa shape index (κ3) is 50.1. The summed E-state index contributed by atoms with van der Waals surface area (Å²) in [4.78, 5) is 37.6. The van der Waals surface area contributed by atoms with Gasteiger partial charge in [0, 0.05) is 12.8 Å². The van der Waals surface area contributed by atoms with Crippen molar-refractivity contribution in [3.63, 3.8) is 0 Å². The molecule has 0 aliphatic carbocycles. The molecule has 0 aliphatic rings. The topological polar surface area (TPSA) is 78.9 Å². The lowest BCUT2D eigenvalue weighted by Crippen LogP contribution is -2.30. The minimum atomic E-state index is -0.822. The van der Waals surface area contributed by atoms with E-state index in [1.807, 2.05) is 6.08 Å². The molecule has 0 fully saturated rings. The predicted molar refractivity (Wildman–Crippen MR) is 275 cm³/mol. The summed E-state index contributed by atoms with van der Waals surface area (Å²) < 4.78 is 16.6. The third-order valence-corrected chi connectivity index (χ3v) is 11.8. The highest BCUT2D eigenvalue weighted by atomic mass is 16.6. The van der Waals surface area contributed by atoms with Crippen LogP contribution in [0.1, 0.15) is 271 Å². The second-order valence-corrected chi connectivity index (χ2v) is 18.1. The van der Waals surface area contributed by atoms with Gasteiger partial charge in [-0.25, -0.2) is 0 Å². The molecular weight excluding hydrogens is 793 g/mol. The summed E-state index contributed by atoms with van der Waals surface area (Å²) in [6.07, 6.45) is 65.9. The standard InChI is InChI=1S/C58H102O6/c1-4-7-10-13-15-17-19-21-23-24-25-26-27-28-29-30-31-32-33-35-36-38-40-42-45-48-51-57(60)63-54-55(53-62-56(59)50-47-44-12-9-6-3)64-58(61)52-49-46-43-41-39-37-34-22-20-18-16-14-11-8-5-2/h8,11,16,18,22,34,39,41,46,49,55H,4-7,9-10,12-15,17,19-21,23-33,35-38,40,42-45,47-48,50-54H2,1-3H3/b11-8-,18-16-,34-22-,41-39-,49-46-. The second kappa shape index (κ2) is 52.7. The largest absolute Gasteiger partial charge is 0.462 e. The van der Waals surface area contributed by atoms with Crippen LogP contribution in [0.5, 0.6) is 0 Å². The normalized spacial score (nSPS) is 12.5. The van der Waals surface area contributed by atoms with E-state index < -0.39 is 12.1 Å². The zero-order chi connectivity index (χ0) is 46.5. The molecule has 6 heteroatoms. The molecule has 0 spiro atoms. The van der Waals surface area contributed by atoms with Gasteiger partial charge in [0.25, 0.3) is 0 Å². The number of esters is 3. The van der Waals surface area contributed by atoms with Crippen molar-refractivity contribution in [1.82, 2.24) is 0 Å². The van der Waals surface area contributed by atoms with E-state index in [0.717, 1.165) is 83.5 Å². The third-order valence-electron chi connectivity index (χ3n) is 11.8. The first-order valence-electron chi connectivity index (χ1n) is 27.3. The summed E-state index contributed by atoms with van der Waals surface area (Å²) in [5.74, 6) is -1.05. The number of hydrogen-bond acceptors (Lipinski definition) is 6. The quantitative estimate of drug-likeness (QED) is 0.0262. The van der Waals surface area contributed by atoms with E-state index in [1.165, 1.54) is 148 Å². The molecule has 6 nitrogen and oxygen atoms in total. The molecule has 0 aromatic heterocycles. The van der Waals surface area contributed by atoms with Gasteiger partial charge in [-0.1, -0.05) is 268 Å². The summed E-state index contributed by atoms with van der Waals surface area (Å²) in [7, 11) is 0. The van der Waals surface area contributed by atoms with Crippen molar-refractivity contribution in [2.75, 3.05) is 13.2 Å². The smallest absolute Gasteiger partial charge is 0.310 e. The minimum Gasteiger partial charge on any atom is -0.462 e. The van der Waals surface area contributed by atoms with Gasteiger partial charge in [0.2, 0.25) is 0 Å². The second-order valence-electron chi connectivity index (χ2n) is 18.1. The van der Waals surface area contributed by atoms with Gasteiger partial charge in [-0.3, -0.25) is 14.4 Å². The first-order valence-corrected chi connectivity index (χ1v) is 27.3. The molecule has 0 rings (SSSR count). The van der Waals surface area contributed by atoms with E-state index >= 15 is 0 Å². The lowest BCUT2D eigenvalue weighted by atomic mass is 10.0. The van der Waals surface area contributed by atoms with Crippen LogP contribution in [0.2, 0.25) is 0 Å². The molecule has 0 heterocycles. The molecular formula is C58H102O6. The fourth-order valence-corrected chi connectivity index (χ4v) is 7.75. The molecule has 370 valence electrons. The van der Waals surface area contributed by atoms with E-state index in [-0.39, 0.29) is 31.6 Å². The lowest BCUT2D eigenvalue weighted by molar-refractivity contribution is -0.166. The Hall–Kier alpha value is -2.89. The molecule has 1 atom stereocenters. The van der Waals surface area contributed by atoms with Crippen molar-refractivity contribution in [3.8, 4) is 0 Å². The number of rotatable bonds is 49. The summed E-state index contributed by atoms with van der Waals surface area (Å²) in [6.45, 7) is 6.37. The van der Waals surface area contributed by atoms with E-state index in [1.54, 1.807) is 6.08 Å². The van der Waals surface area contributed by atoms with Crippen LogP contribution in [0.3, 0.4) is 0 Å². The molecule has 0 aromatic rings. The molecule has 1 unspecified atom stereocenters. The Kier molecular flexibility index (Phi) is 50.4. The zero-order valence-electron chi connectivity index (χ0n) is 42.3. The Bertz CT molecular complexity index is 1170. The highest BCUT2D eigenvalue weighted by Crippen LogP contribution is 2.17. The highest BCUT2D eigenvalue weighted by Gasteiger charge is 2.19. The maximum Gasteiger partial charge on any atom is 0.310 e. The number of unbranched alkanes of at least 4 members (excludes halogenated alkanes) is 29. The van der Waals surface area contributed by atoms with Gasteiger partial charge in [-0.2, -0.15) is 0 Å².